The summed E-state index contributed by atoms with van der Waals surface area (Å²) >= 11 is 0. The van der Waals surface area contributed by atoms with Crippen LogP contribution in [0.5, 0.6) is 0 Å². The molecular weight excluding hydrogens is 370 g/mol. The number of hydrogen-bond donors (Lipinski definition) is 3. The van der Waals surface area contributed by atoms with E-state index in [1.165, 1.54) is 0 Å². The number of anilines is 2. The summed E-state index contributed by atoms with van der Waals surface area (Å²) in [5, 5.41) is 14.1. The van der Waals surface area contributed by atoms with E-state index in [0.29, 0.717) is 24.7 Å². The van der Waals surface area contributed by atoms with Crippen LogP contribution in [-0.4, -0.2) is 65.5 Å². The number of amides is 1. The molecule has 5 heterocycles. The smallest absolute Gasteiger partial charge is 0.277 e. The van der Waals surface area contributed by atoms with Gasteiger partial charge in [0.25, 0.3) is 5.91 Å². The molecule has 2 saturated heterocycles. The van der Waals surface area contributed by atoms with Crippen LogP contribution in [-0.2, 0) is 17.9 Å². The lowest BCUT2D eigenvalue weighted by Gasteiger charge is -2.40. The Morgan fingerprint density at radius 2 is 1.93 bits per heavy atom. The molecule has 0 radical (unpaired) electrons. The maximum absolute atomic E-state index is 12.7. The molecule has 29 heavy (non-hydrogen) atoms. The predicted molar refractivity (Wildman–Crippen MR) is 109 cm³/mol. The van der Waals surface area contributed by atoms with Gasteiger partial charge < -0.3 is 25.6 Å². The number of pyridine rings is 1. The molecule has 9 nitrogen and oxygen atoms in total. The molecule has 1 spiro atoms. The van der Waals surface area contributed by atoms with Crippen LogP contribution in [0, 0.1) is 0 Å². The van der Waals surface area contributed by atoms with Crippen molar-refractivity contribution < 1.29 is 9.53 Å². The number of ether oxygens (including phenoxy) is 1. The number of fused-ring (bicyclic) bond motifs is 1. The zero-order chi connectivity index (χ0) is 19.7. The topological polar surface area (TPSA) is 96.3 Å². The van der Waals surface area contributed by atoms with Crippen molar-refractivity contribution in [2.24, 2.45) is 0 Å². The fourth-order valence-corrected chi connectivity index (χ4v) is 4.30. The third kappa shape index (κ3) is 3.85. The lowest BCUT2D eigenvalue weighted by atomic mass is 9.91. The highest BCUT2D eigenvalue weighted by molar-refractivity contribution is 6.02. The molecule has 2 aromatic heterocycles. The number of rotatable bonds is 3. The number of piperidine rings is 1. The number of hydrogen-bond acceptors (Lipinski definition) is 7. The van der Waals surface area contributed by atoms with Crippen molar-refractivity contribution in [2.75, 3.05) is 49.5 Å². The summed E-state index contributed by atoms with van der Waals surface area (Å²) in [4.78, 5) is 19.4. The lowest BCUT2D eigenvalue weighted by Crippen LogP contribution is -2.49. The quantitative estimate of drug-likeness (QED) is 0.698. The summed E-state index contributed by atoms with van der Waals surface area (Å²) in [5.41, 5.74) is 2.27. The van der Waals surface area contributed by atoms with E-state index in [4.69, 9.17) is 4.74 Å². The SMILES string of the molecule is O=C(Nc1ccc(N2CCNCC2)cn1)c1cc2n(n1)CC1(CCNCC1)OC2. The maximum atomic E-state index is 12.7. The summed E-state index contributed by atoms with van der Waals surface area (Å²) in [7, 11) is 0. The summed E-state index contributed by atoms with van der Waals surface area (Å²) in [5.74, 6) is 0.291. The summed E-state index contributed by atoms with van der Waals surface area (Å²) < 4.78 is 8.10. The number of piperazine rings is 1. The van der Waals surface area contributed by atoms with E-state index in [1.54, 1.807) is 0 Å². The zero-order valence-corrected chi connectivity index (χ0v) is 16.5. The van der Waals surface area contributed by atoms with Gasteiger partial charge in [0.15, 0.2) is 5.69 Å². The fourth-order valence-electron chi connectivity index (χ4n) is 4.30. The van der Waals surface area contributed by atoms with Gasteiger partial charge in [0, 0.05) is 26.2 Å². The van der Waals surface area contributed by atoms with E-state index >= 15 is 0 Å². The first kappa shape index (κ1) is 18.5. The van der Waals surface area contributed by atoms with Crippen LogP contribution in [0.4, 0.5) is 11.5 Å². The van der Waals surface area contributed by atoms with E-state index in [2.05, 4.69) is 30.9 Å². The van der Waals surface area contributed by atoms with Gasteiger partial charge >= 0.3 is 0 Å². The minimum absolute atomic E-state index is 0.153. The van der Waals surface area contributed by atoms with Gasteiger partial charge in [-0.2, -0.15) is 5.10 Å². The van der Waals surface area contributed by atoms with Crippen LogP contribution in [0.2, 0.25) is 0 Å². The molecule has 0 bridgehead atoms. The third-order valence-corrected chi connectivity index (χ3v) is 6.05. The number of aromatic nitrogens is 3. The van der Waals surface area contributed by atoms with Gasteiger partial charge in [-0.25, -0.2) is 4.98 Å². The van der Waals surface area contributed by atoms with E-state index in [0.717, 1.165) is 63.5 Å². The Bertz CT molecular complexity index is 867. The number of nitrogens with zero attached hydrogens (tertiary/aromatic N) is 4. The van der Waals surface area contributed by atoms with Crippen LogP contribution in [0.25, 0.3) is 0 Å². The van der Waals surface area contributed by atoms with Gasteiger partial charge in [0.1, 0.15) is 5.82 Å². The third-order valence-electron chi connectivity index (χ3n) is 6.05. The van der Waals surface area contributed by atoms with Gasteiger partial charge in [0.05, 0.1) is 36.3 Å². The Hall–Kier alpha value is -2.49. The molecule has 3 N–H and O–H groups in total. The molecule has 0 saturated carbocycles. The fraction of sp³-hybridized carbons (Fsp3) is 0.550. The van der Waals surface area contributed by atoms with Crippen molar-refractivity contribution in [3.05, 3.63) is 35.8 Å². The Morgan fingerprint density at radius 3 is 2.69 bits per heavy atom. The Balaban J connectivity index is 1.25. The van der Waals surface area contributed by atoms with Gasteiger partial charge in [-0.15, -0.1) is 0 Å². The molecule has 1 amide bonds. The maximum Gasteiger partial charge on any atom is 0.277 e. The molecule has 3 aliphatic heterocycles. The Morgan fingerprint density at radius 1 is 1.14 bits per heavy atom. The van der Waals surface area contributed by atoms with E-state index in [9.17, 15) is 4.79 Å². The van der Waals surface area contributed by atoms with Gasteiger partial charge in [-0.1, -0.05) is 0 Å². The van der Waals surface area contributed by atoms with Crippen molar-refractivity contribution in [3.8, 4) is 0 Å². The summed E-state index contributed by atoms with van der Waals surface area (Å²) in [6.45, 7) is 7.00. The van der Waals surface area contributed by atoms with E-state index in [-0.39, 0.29) is 11.5 Å². The molecular formula is C20H27N7O2. The molecule has 2 aromatic rings. The number of carbonyl (C=O) groups is 1. The van der Waals surface area contributed by atoms with Crippen molar-refractivity contribution in [3.63, 3.8) is 0 Å². The minimum Gasteiger partial charge on any atom is -0.368 e. The number of carbonyl (C=O) groups excluding carboxylic acids is 1. The molecule has 0 atom stereocenters. The minimum atomic E-state index is -0.242. The average Bonchev–Trinajstić information content (AvgIpc) is 3.19. The molecule has 3 aliphatic rings. The zero-order valence-electron chi connectivity index (χ0n) is 16.5. The molecule has 2 fully saturated rings. The molecule has 9 heteroatoms. The Labute approximate surface area is 169 Å². The summed E-state index contributed by atoms with van der Waals surface area (Å²) in [6, 6.07) is 5.66. The molecule has 154 valence electrons. The molecule has 0 aromatic carbocycles. The van der Waals surface area contributed by atoms with Crippen LogP contribution in [0.3, 0.4) is 0 Å². The second-order valence-corrected chi connectivity index (χ2v) is 7.99. The Kier molecular flexibility index (Phi) is 4.94. The van der Waals surface area contributed by atoms with Gasteiger partial charge in [-0.05, 0) is 44.1 Å². The first-order valence-electron chi connectivity index (χ1n) is 10.4. The largest absolute Gasteiger partial charge is 0.368 e. The van der Waals surface area contributed by atoms with Gasteiger partial charge in [0.2, 0.25) is 0 Å². The average molecular weight is 397 g/mol. The highest BCUT2D eigenvalue weighted by Gasteiger charge is 2.38. The van der Waals surface area contributed by atoms with Crippen molar-refractivity contribution in [2.45, 2.75) is 31.6 Å². The normalized spacial score (nSPS) is 21.0. The van der Waals surface area contributed by atoms with Gasteiger partial charge in [-0.3, -0.25) is 9.48 Å². The first-order valence-corrected chi connectivity index (χ1v) is 10.4. The summed E-state index contributed by atoms with van der Waals surface area (Å²) in [6.07, 6.45) is 3.75. The monoisotopic (exact) mass is 397 g/mol. The highest BCUT2D eigenvalue weighted by Crippen LogP contribution is 2.31. The second kappa shape index (κ2) is 7.74. The predicted octanol–water partition coefficient (Wildman–Crippen LogP) is 0.592. The van der Waals surface area contributed by atoms with Crippen LogP contribution >= 0.6 is 0 Å². The van der Waals surface area contributed by atoms with Crippen molar-refractivity contribution in [1.82, 2.24) is 25.4 Å². The van der Waals surface area contributed by atoms with Crippen LogP contribution < -0.4 is 20.9 Å². The first-order chi connectivity index (χ1) is 14.2. The van der Waals surface area contributed by atoms with Crippen molar-refractivity contribution >= 4 is 17.4 Å². The van der Waals surface area contributed by atoms with Crippen LogP contribution in [0.15, 0.2) is 24.4 Å². The number of nitrogens with one attached hydrogen (secondary N) is 3. The van der Waals surface area contributed by atoms with Crippen LogP contribution in [0.1, 0.15) is 29.0 Å². The molecule has 0 aliphatic carbocycles. The van der Waals surface area contributed by atoms with E-state index < -0.39 is 0 Å². The standard InChI is InChI=1S/C20H27N7O2/c28-19(24-18-2-1-15(12-23-18)26-9-7-22-8-10-26)17-11-16-13-29-20(14-27(16)25-17)3-5-21-6-4-20/h1-2,11-12,21-22H,3-10,13-14H2,(H,23,24,28). The second-order valence-electron chi connectivity index (χ2n) is 7.99. The van der Waals surface area contributed by atoms with Crippen molar-refractivity contribution in [1.29, 1.82) is 0 Å². The lowest BCUT2D eigenvalue weighted by molar-refractivity contribution is -0.109. The highest BCUT2D eigenvalue weighted by atomic mass is 16.5. The molecule has 0 unspecified atom stereocenters. The molecule has 5 rings (SSSR count). The van der Waals surface area contributed by atoms with E-state index in [1.807, 2.05) is 29.1 Å².